The minimum Gasteiger partial charge on any atom is -0.463 e. The van der Waals surface area contributed by atoms with Crippen molar-refractivity contribution in [2.45, 2.75) is 52.4 Å². The molecule has 0 atom stereocenters. The average molecular weight is 256 g/mol. The summed E-state index contributed by atoms with van der Waals surface area (Å²) in [6.45, 7) is 4.61. The Morgan fingerprint density at radius 1 is 0.833 bits per heavy atom. The van der Waals surface area contributed by atoms with Crippen LogP contribution in [-0.4, -0.2) is 25.2 Å². The van der Waals surface area contributed by atoms with E-state index in [-0.39, 0.29) is 0 Å². The van der Waals surface area contributed by atoms with Crippen LogP contribution in [0.15, 0.2) is 12.2 Å². The Kier molecular flexibility index (Phi) is 11.3. The number of hydrogen-bond donors (Lipinski definition) is 0. The van der Waals surface area contributed by atoms with Crippen molar-refractivity contribution in [1.82, 2.24) is 0 Å². The van der Waals surface area contributed by atoms with Crippen molar-refractivity contribution in [1.29, 1.82) is 0 Å². The summed E-state index contributed by atoms with van der Waals surface area (Å²) in [6.07, 6.45) is 9.08. The molecule has 0 heterocycles. The zero-order valence-electron chi connectivity index (χ0n) is 11.4. The molecule has 0 amide bonds. The van der Waals surface area contributed by atoms with Gasteiger partial charge in [-0.05, 0) is 13.3 Å². The van der Waals surface area contributed by atoms with E-state index < -0.39 is 11.9 Å². The molecule has 0 bridgehead atoms. The van der Waals surface area contributed by atoms with Gasteiger partial charge in [0.15, 0.2) is 0 Å². The first-order valence-electron chi connectivity index (χ1n) is 6.72. The summed E-state index contributed by atoms with van der Waals surface area (Å²) in [4.78, 5) is 22.1. The van der Waals surface area contributed by atoms with E-state index in [4.69, 9.17) is 4.74 Å². The zero-order chi connectivity index (χ0) is 13.6. The van der Waals surface area contributed by atoms with E-state index in [1.807, 2.05) is 0 Å². The van der Waals surface area contributed by atoms with Crippen LogP contribution in [0.4, 0.5) is 0 Å². The third-order valence-corrected chi connectivity index (χ3v) is 2.38. The molecule has 0 saturated carbocycles. The molecule has 4 nitrogen and oxygen atoms in total. The van der Waals surface area contributed by atoms with Gasteiger partial charge in [-0.15, -0.1) is 0 Å². The van der Waals surface area contributed by atoms with Crippen molar-refractivity contribution in [2.75, 3.05) is 13.2 Å². The molecule has 0 aliphatic carbocycles. The quantitative estimate of drug-likeness (QED) is 0.342. The molecule has 0 saturated heterocycles. The number of esters is 2. The normalized spacial score (nSPS) is 10.6. The first kappa shape index (κ1) is 16.7. The third-order valence-electron chi connectivity index (χ3n) is 2.38. The second-order valence-electron chi connectivity index (χ2n) is 4.02. The Hall–Kier alpha value is -1.32. The lowest BCUT2D eigenvalue weighted by Gasteiger charge is -2.02. The van der Waals surface area contributed by atoms with Crippen molar-refractivity contribution < 1.29 is 19.1 Å². The minimum atomic E-state index is -0.519. The Morgan fingerprint density at radius 3 is 2.00 bits per heavy atom. The van der Waals surface area contributed by atoms with Crippen LogP contribution in [0, 0.1) is 0 Å². The number of hydrogen-bond acceptors (Lipinski definition) is 4. The molecule has 0 N–H and O–H groups in total. The Labute approximate surface area is 109 Å². The Balaban J connectivity index is 3.45. The van der Waals surface area contributed by atoms with Gasteiger partial charge in [0, 0.05) is 12.2 Å². The van der Waals surface area contributed by atoms with Crippen LogP contribution in [0.5, 0.6) is 0 Å². The van der Waals surface area contributed by atoms with Crippen molar-refractivity contribution in [2.24, 2.45) is 0 Å². The summed E-state index contributed by atoms with van der Waals surface area (Å²) in [7, 11) is 0. The van der Waals surface area contributed by atoms with Gasteiger partial charge in [0.2, 0.25) is 0 Å². The highest BCUT2D eigenvalue weighted by molar-refractivity contribution is 5.91. The predicted molar refractivity (Wildman–Crippen MR) is 70.1 cm³/mol. The minimum absolute atomic E-state index is 0.302. The van der Waals surface area contributed by atoms with E-state index in [0.29, 0.717) is 13.2 Å². The van der Waals surface area contributed by atoms with Crippen molar-refractivity contribution in [3.8, 4) is 0 Å². The maximum atomic E-state index is 11.2. The zero-order valence-corrected chi connectivity index (χ0v) is 11.4. The summed E-state index contributed by atoms with van der Waals surface area (Å²) in [5, 5.41) is 0. The maximum absolute atomic E-state index is 11.2. The number of unbranched alkanes of at least 4 members (excludes halogenated alkanes) is 5. The molecule has 0 aliphatic rings. The van der Waals surface area contributed by atoms with Gasteiger partial charge < -0.3 is 9.47 Å². The van der Waals surface area contributed by atoms with Crippen LogP contribution < -0.4 is 0 Å². The van der Waals surface area contributed by atoms with Gasteiger partial charge in [-0.25, -0.2) is 9.59 Å². The lowest BCUT2D eigenvalue weighted by molar-refractivity contribution is -0.140. The summed E-state index contributed by atoms with van der Waals surface area (Å²) in [6, 6.07) is 0. The molecule has 0 aromatic rings. The molecule has 104 valence electrons. The summed E-state index contributed by atoms with van der Waals surface area (Å²) in [5.41, 5.74) is 0. The van der Waals surface area contributed by atoms with Gasteiger partial charge in [0.25, 0.3) is 0 Å². The molecule has 18 heavy (non-hydrogen) atoms. The molecule has 0 aromatic carbocycles. The van der Waals surface area contributed by atoms with Crippen molar-refractivity contribution >= 4 is 11.9 Å². The van der Waals surface area contributed by atoms with Crippen LogP contribution in [-0.2, 0) is 19.1 Å². The van der Waals surface area contributed by atoms with Crippen molar-refractivity contribution in [3.63, 3.8) is 0 Å². The highest BCUT2D eigenvalue weighted by Gasteiger charge is 1.99. The van der Waals surface area contributed by atoms with Gasteiger partial charge in [-0.2, -0.15) is 0 Å². The fourth-order valence-corrected chi connectivity index (χ4v) is 1.43. The number of rotatable bonds is 10. The first-order chi connectivity index (χ1) is 8.70. The number of carbonyl (C=O) groups is 2. The average Bonchev–Trinajstić information content (AvgIpc) is 2.35. The standard InChI is InChI=1S/C14H24O4/c1-3-5-6-7-8-9-12-18-14(16)11-10-13(15)17-4-2/h10-11H,3-9,12H2,1-2H3/b11-10-. The highest BCUT2D eigenvalue weighted by Crippen LogP contribution is 2.04. The third kappa shape index (κ3) is 11.2. The van der Waals surface area contributed by atoms with Gasteiger partial charge in [-0.1, -0.05) is 39.0 Å². The highest BCUT2D eigenvalue weighted by atomic mass is 16.5. The lowest BCUT2D eigenvalue weighted by atomic mass is 10.1. The molecule has 0 aliphatic heterocycles. The van der Waals surface area contributed by atoms with E-state index in [9.17, 15) is 9.59 Å². The smallest absolute Gasteiger partial charge is 0.331 e. The van der Waals surface area contributed by atoms with E-state index in [2.05, 4.69) is 11.7 Å². The second kappa shape index (κ2) is 12.1. The first-order valence-corrected chi connectivity index (χ1v) is 6.72. The molecule has 0 aromatic heterocycles. The predicted octanol–water partition coefficient (Wildman–Crippen LogP) is 3.01. The second-order valence-corrected chi connectivity index (χ2v) is 4.02. The van der Waals surface area contributed by atoms with Crippen LogP contribution in [0.25, 0.3) is 0 Å². The van der Waals surface area contributed by atoms with Crippen LogP contribution in [0.2, 0.25) is 0 Å². The topological polar surface area (TPSA) is 52.6 Å². The molecule has 0 fully saturated rings. The summed E-state index contributed by atoms with van der Waals surface area (Å²) >= 11 is 0. The fraction of sp³-hybridized carbons (Fsp3) is 0.714. The number of ether oxygens (including phenoxy) is 2. The lowest BCUT2D eigenvalue weighted by Crippen LogP contribution is -2.05. The summed E-state index contributed by atoms with van der Waals surface area (Å²) < 4.78 is 9.58. The van der Waals surface area contributed by atoms with Crippen LogP contribution in [0.1, 0.15) is 52.4 Å². The Morgan fingerprint density at radius 2 is 1.39 bits per heavy atom. The molecule has 0 unspecified atom stereocenters. The molecule has 0 spiro atoms. The van der Waals surface area contributed by atoms with E-state index in [1.165, 1.54) is 25.7 Å². The summed E-state index contributed by atoms with van der Waals surface area (Å²) in [5.74, 6) is -1.01. The SMILES string of the molecule is CCCCCCCCOC(=O)/C=C\C(=O)OCC. The van der Waals surface area contributed by atoms with Crippen LogP contribution >= 0.6 is 0 Å². The maximum Gasteiger partial charge on any atom is 0.331 e. The van der Waals surface area contributed by atoms with E-state index in [1.54, 1.807) is 6.92 Å². The molecule has 0 radical (unpaired) electrons. The van der Waals surface area contributed by atoms with E-state index >= 15 is 0 Å². The van der Waals surface area contributed by atoms with Gasteiger partial charge in [0.05, 0.1) is 13.2 Å². The monoisotopic (exact) mass is 256 g/mol. The van der Waals surface area contributed by atoms with E-state index in [0.717, 1.165) is 25.0 Å². The molecular formula is C14H24O4. The fourth-order valence-electron chi connectivity index (χ4n) is 1.43. The largest absolute Gasteiger partial charge is 0.463 e. The molecular weight excluding hydrogens is 232 g/mol. The molecule has 4 heteroatoms. The Bertz CT molecular complexity index is 259. The van der Waals surface area contributed by atoms with Gasteiger partial charge in [0.1, 0.15) is 0 Å². The van der Waals surface area contributed by atoms with Crippen molar-refractivity contribution in [3.05, 3.63) is 12.2 Å². The van der Waals surface area contributed by atoms with Crippen LogP contribution in [0.3, 0.4) is 0 Å². The van der Waals surface area contributed by atoms with Gasteiger partial charge >= 0.3 is 11.9 Å². The number of carbonyl (C=O) groups excluding carboxylic acids is 2. The van der Waals surface area contributed by atoms with Gasteiger partial charge in [-0.3, -0.25) is 0 Å². The molecule has 0 rings (SSSR count).